The number of aliphatic imine (C=N–C) groups is 1. The summed E-state index contributed by atoms with van der Waals surface area (Å²) in [6.07, 6.45) is -5.74. The van der Waals surface area contributed by atoms with Gasteiger partial charge < -0.3 is 5.73 Å². The van der Waals surface area contributed by atoms with Crippen LogP contribution in [-0.4, -0.2) is 23.1 Å². The van der Waals surface area contributed by atoms with E-state index < -0.39 is 33.7 Å². The molecule has 0 saturated heterocycles. The van der Waals surface area contributed by atoms with Crippen molar-refractivity contribution in [1.29, 1.82) is 5.26 Å². The fourth-order valence-electron chi connectivity index (χ4n) is 1.19. The van der Waals surface area contributed by atoms with Gasteiger partial charge in [0.1, 0.15) is 11.9 Å². The summed E-state index contributed by atoms with van der Waals surface area (Å²) in [5, 5.41) is 3.92. The van der Waals surface area contributed by atoms with Crippen LogP contribution in [-0.2, 0) is 0 Å². The maximum atomic E-state index is 13.0. The van der Waals surface area contributed by atoms with E-state index >= 15 is 0 Å². The fourth-order valence-corrected chi connectivity index (χ4v) is 2.04. The SMILES string of the molecule is N#Cc1c(N=C(N)CCl)cccc1SC(F)(F)C(F)(F)F. The highest BCUT2D eigenvalue weighted by atomic mass is 35.5. The standard InChI is InChI=1S/C11H7ClF5N3S/c12-4-9(19)20-7-2-1-3-8(6(7)5-18)21-11(16,17)10(13,14)15/h1-3H,4H2,(H2,19,20). The van der Waals surface area contributed by atoms with E-state index in [2.05, 4.69) is 4.99 Å². The van der Waals surface area contributed by atoms with Gasteiger partial charge in [-0.25, -0.2) is 4.99 Å². The van der Waals surface area contributed by atoms with Gasteiger partial charge in [-0.05, 0) is 23.9 Å². The van der Waals surface area contributed by atoms with Crippen LogP contribution in [0.4, 0.5) is 27.6 Å². The van der Waals surface area contributed by atoms with Gasteiger partial charge in [0.05, 0.1) is 17.1 Å². The van der Waals surface area contributed by atoms with Gasteiger partial charge in [0.2, 0.25) is 0 Å². The molecule has 0 saturated carbocycles. The van der Waals surface area contributed by atoms with Gasteiger partial charge in [0.25, 0.3) is 0 Å². The maximum absolute atomic E-state index is 13.0. The monoisotopic (exact) mass is 343 g/mol. The van der Waals surface area contributed by atoms with Crippen molar-refractivity contribution in [1.82, 2.24) is 0 Å². The first-order chi connectivity index (χ1) is 9.62. The average molecular weight is 344 g/mol. The number of nitrogens with zero attached hydrogens (tertiary/aromatic N) is 2. The van der Waals surface area contributed by atoms with Gasteiger partial charge >= 0.3 is 11.4 Å². The molecule has 0 amide bonds. The molecule has 0 fully saturated rings. The smallest absolute Gasteiger partial charge is 0.386 e. The predicted molar refractivity (Wildman–Crippen MR) is 70.0 cm³/mol. The molecular formula is C11H7ClF5N3S. The van der Waals surface area contributed by atoms with Crippen molar-refractivity contribution in [3.05, 3.63) is 23.8 Å². The van der Waals surface area contributed by atoms with Crippen LogP contribution in [0, 0.1) is 11.3 Å². The second-order valence-corrected chi connectivity index (χ2v) is 5.04. The molecule has 0 aliphatic rings. The predicted octanol–water partition coefficient (Wildman–Crippen LogP) is 4.03. The minimum Gasteiger partial charge on any atom is -0.386 e. The van der Waals surface area contributed by atoms with Crippen LogP contribution in [0.2, 0.25) is 0 Å². The lowest BCUT2D eigenvalue weighted by atomic mass is 10.2. The van der Waals surface area contributed by atoms with Crippen molar-refractivity contribution in [2.24, 2.45) is 10.7 Å². The number of amidine groups is 1. The summed E-state index contributed by atoms with van der Waals surface area (Å²) in [7, 11) is 0. The summed E-state index contributed by atoms with van der Waals surface area (Å²) < 4.78 is 62.7. The van der Waals surface area contributed by atoms with Crippen LogP contribution in [0.1, 0.15) is 5.56 Å². The highest BCUT2D eigenvalue weighted by Crippen LogP contribution is 2.49. The van der Waals surface area contributed by atoms with Gasteiger partial charge in [0, 0.05) is 4.90 Å². The molecule has 0 spiro atoms. The molecule has 0 aromatic heterocycles. The van der Waals surface area contributed by atoms with E-state index in [9.17, 15) is 22.0 Å². The number of hydrogen-bond donors (Lipinski definition) is 1. The quantitative estimate of drug-likeness (QED) is 0.295. The molecule has 0 bridgehead atoms. The Bertz CT molecular complexity index is 595. The molecule has 2 N–H and O–H groups in total. The van der Waals surface area contributed by atoms with E-state index in [4.69, 9.17) is 22.6 Å². The van der Waals surface area contributed by atoms with Gasteiger partial charge in [-0.15, -0.1) is 11.6 Å². The molecule has 1 aromatic rings. The summed E-state index contributed by atoms with van der Waals surface area (Å²) in [4.78, 5) is 3.15. The van der Waals surface area contributed by atoms with Crippen molar-refractivity contribution in [2.75, 3.05) is 5.88 Å². The van der Waals surface area contributed by atoms with E-state index in [0.29, 0.717) is 0 Å². The zero-order chi connectivity index (χ0) is 16.3. The number of nitriles is 1. The third-order valence-electron chi connectivity index (χ3n) is 2.09. The molecule has 0 unspecified atom stereocenters. The third-order valence-corrected chi connectivity index (χ3v) is 3.41. The van der Waals surface area contributed by atoms with E-state index in [1.807, 2.05) is 0 Å². The Morgan fingerprint density at radius 3 is 2.43 bits per heavy atom. The molecule has 1 aromatic carbocycles. The molecule has 0 atom stereocenters. The topological polar surface area (TPSA) is 62.2 Å². The van der Waals surface area contributed by atoms with Crippen LogP contribution < -0.4 is 5.73 Å². The van der Waals surface area contributed by atoms with Crippen molar-refractivity contribution < 1.29 is 22.0 Å². The highest BCUT2D eigenvalue weighted by Gasteiger charge is 2.58. The molecule has 0 aliphatic heterocycles. The maximum Gasteiger partial charge on any atom is 0.464 e. The Labute approximate surface area is 125 Å². The van der Waals surface area contributed by atoms with E-state index in [1.54, 1.807) is 6.07 Å². The van der Waals surface area contributed by atoms with Gasteiger partial charge in [-0.3, -0.25) is 0 Å². The first kappa shape index (κ1) is 17.5. The zero-order valence-electron chi connectivity index (χ0n) is 10.1. The summed E-state index contributed by atoms with van der Waals surface area (Å²) in [6, 6.07) is 4.96. The Morgan fingerprint density at radius 2 is 1.95 bits per heavy atom. The fraction of sp³-hybridized carbons (Fsp3) is 0.273. The Balaban J connectivity index is 3.28. The molecule has 1 rings (SSSR count). The summed E-state index contributed by atoms with van der Waals surface area (Å²) in [5.41, 5.74) is 4.79. The molecule has 10 heteroatoms. The minimum absolute atomic E-state index is 0.0992. The number of hydrogen-bond acceptors (Lipinski definition) is 3. The highest BCUT2D eigenvalue weighted by molar-refractivity contribution is 8.00. The number of nitrogens with two attached hydrogens (primary N) is 1. The van der Waals surface area contributed by atoms with Gasteiger partial charge in [0.15, 0.2) is 0 Å². The van der Waals surface area contributed by atoms with Crippen molar-refractivity contribution >= 4 is 34.9 Å². The average Bonchev–Trinajstić information content (AvgIpc) is 2.37. The normalized spacial score (nSPS) is 13.1. The number of rotatable bonds is 4. The van der Waals surface area contributed by atoms with Crippen molar-refractivity contribution in [3.63, 3.8) is 0 Å². The Hall–Kier alpha value is -1.53. The lowest BCUT2D eigenvalue weighted by Gasteiger charge is -2.19. The van der Waals surface area contributed by atoms with Crippen molar-refractivity contribution in [2.45, 2.75) is 16.3 Å². The van der Waals surface area contributed by atoms with E-state index in [1.165, 1.54) is 12.1 Å². The summed E-state index contributed by atoms with van der Waals surface area (Å²) in [6.45, 7) is 0. The molecule has 21 heavy (non-hydrogen) atoms. The molecule has 0 heterocycles. The number of benzene rings is 1. The molecular weight excluding hydrogens is 337 g/mol. The first-order valence-corrected chi connectivity index (χ1v) is 6.53. The van der Waals surface area contributed by atoms with Gasteiger partial charge in [-0.1, -0.05) is 6.07 Å². The second-order valence-electron chi connectivity index (χ2n) is 3.62. The van der Waals surface area contributed by atoms with E-state index in [0.717, 1.165) is 6.07 Å². The zero-order valence-corrected chi connectivity index (χ0v) is 11.7. The molecule has 0 radical (unpaired) electrons. The number of thioether (sulfide) groups is 1. The lowest BCUT2D eigenvalue weighted by molar-refractivity contribution is -0.237. The van der Waals surface area contributed by atoms with Crippen LogP contribution in [0.3, 0.4) is 0 Å². The van der Waals surface area contributed by atoms with Crippen LogP contribution in [0.5, 0.6) is 0 Å². The largest absolute Gasteiger partial charge is 0.464 e. The molecule has 0 aliphatic carbocycles. The van der Waals surface area contributed by atoms with Gasteiger partial charge in [-0.2, -0.15) is 27.2 Å². The first-order valence-electron chi connectivity index (χ1n) is 5.18. The minimum atomic E-state index is -5.74. The lowest BCUT2D eigenvalue weighted by Crippen LogP contribution is -2.32. The summed E-state index contributed by atoms with van der Waals surface area (Å²) >= 11 is 4.62. The second kappa shape index (κ2) is 6.49. The Kier molecular flexibility index (Phi) is 5.42. The van der Waals surface area contributed by atoms with E-state index in [-0.39, 0.29) is 17.4 Å². The van der Waals surface area contributed by atoms with Crippen LogP contribution >= 0.6 is 23.4 Å². The Morgan fingerprint density at radius 1 is 1.33 bits per heavy atom. The van der Waals surface area contributed by atoms with Crippen LogP contribution in [0.15, 0.2) is 28.1 Å². The number of alkyl halides is 6. The third kappa shape index (κ3) is 4.22. The molecule has 3 nitrogen and oxygen atoms in total. The van der Waals surface area contributed by atoms with Crippen molar-refractivity contribution in [3.8, 4) is 6.07 Å². The molecule has 114 valence electrons. The summed E-state index contributed by atoms with van der Waals surface area (Å²) in [5.74, 6) is -0.279. The van der Waals surface area contributed by atoms with Crippen LogP contribution in [0.25, 0.3) is 0 Å². The number of halogens is 6.